The lowest BCUT2D eigenvalue weighted by molar-refractivity contribution is -0.122. The number of aryl methyl sites for hydroxylation is 1. The summed E-state index contributed by atoms with van der Waals surface area (Å²) in [6, 6.07) is 7.78. The van der Waals surface area contributed by atoms with Crippen molar-refractivity contribution < 1.29 is 9.53 Å². The number of hydrogen-bond donors (Lipinski definition) is 2. The molecule has 0 radical (unpaired) electrons. The second-order valence-corrected chi connectivity index (χ2v) is 5.55. The molecule has 0 aliphatic rings. The monoisotopic (exact) mass is 278 g/mol. The van der Waals surface area contributed by atoms with Gasteiger partial charge in [-0.15, -0.1) is 0 Å². The molecule has 1 rings (SSSR count). The van der Waals surface area contributed by atoms with Gasteiger partial charge in [0.05, 0.1) is 12.1 Å². The van der Waals surface area contributed by atoms with Gasteiger partial charge < -0.3 is 15.8 Å². The molecule has 1 amide bonds. The summed E-state index contributed by atoms with van der Waals surface area (Å²) in [5, 5.41) is 2.90. The van der Waals surface area contributed by atoms with E-state index in [9.17, 15) is 4.79 Å². The highest BCUT2D eigenvalue weighted by Gasteiger charge is 2.10. The van der Waals surface area contributed by atoms with E-state index in [-0.39, 0.29) is 18.1 Å². The maximum atomic E-state index is 11.5. The zero-order valence-corrected chi connectivity index (χ0v) is 12.8. The fourth-order valence-electron chi connectivity index (χ4n) is 1.84. The third kappa shape index (κ3) is 6.06. The van der Waals surface area contributed by atoms with Crippen molar-refractivity contribution in [2.75, 3.05) is 0 Å². The van der Waals surface area contributed by atoms with Crippen molar-refractivity contribution in [3.63, 3.8) is 0 Å². The topological polar surface area (TPSA) is 64.3 Å². The molecule has 4 heteroatoms. The summed E-state index contributed by atoms with van der Waals surface area (Å²) in [6.45, 7) is 7.71. The second kappa shape index (κ2) is 7.90. The first-order valence-corrected chi connectivity index (χ1v) is 7.20. The number of nitrogens with one attached hydrogen (secondary N) is 1. The molecular formula is C16H26N2O2. The number of nitrogens with two attached hydrogens (primary N) is 1. The fraction of sp³-hybridized carbons (Fsp3) is 0.562. The summed E-state index contributed by atoms with van der Waals surface area (Å²) in [5.41, 5.74) is 6.76. The molecule has 0 aliphatic heterocycles. The Morgan fingerprint density at radius 1 is 1.20 bits per heavy atom. The van der Waals surface area contributed by atoms with E-state index in [1.165, 1.54) is 5.56 Å². The number of benzene rings is 1. The van der Waals surface area contributed by atoms with Gasteiger partial charge in [0.25, 0.3) is 0 Å². The van der Waals surface area contributed by atoms with Crippen molar-refractivity contribution in [2.45, 2.75) is 58.7 Å². The van der Waals surface area contributed by atoms with Crippen LogP contribution in [0.1, 0.15) is 39.7 Å². The van der Waals surface area contributed by atoms with Crippen LogP contribution >= 0.6 is 0 Å². The predicted octanol–water partition coefficient (Wildman–Crippen LogP) is 2.26. The van der Waals surface area contributed by atoms with Crippen molar-refractivity contribution >= 4 is 5.91 Å². The zero-order chi connectivity index (χ0) is 15.1. The van der Waals surface area contributed by atoms with E-state index in [1.54, 1.807) is 6.92 Å². The molecule has 1 aromatic rings. The van der Waals surface area contributed by atoms with E-state index in [1.807, 2.05) is 32.9 Å². The molecule has 0 aromatic heterocycles. The Kier molecular flexibility index (Phi) is 6.52. The van der Waals surface area contributed by atoms with Gasteiger partial charge in [0.2, 0.25) is 5.91 Å². The third-order valence-electron chi connectivity index (χ3n) is 2.96. The first-order chi connectivity index (χ1) is 9.38. The first kappa shape index (κ1) is 16.5. The highest BCUT2D eigenvalue weighted by atomic mass is 16.5. The standard InChI is InChI=1S/C16H26N2O2/c1-11(2)20-15-9-7-14(8-10-15)6-5-12(3)18-16(19)13(4)17/h7-13H,5-6,17H2,1-4H3,(H,18,19)/t12?,13-/m0/s1. The van der Waals surface area contributed by atoms with Crippen LogP contribution in [-0.2, 0) is 11.2 Å². The van der Waals surface area contributed by atoms with E-state index in [0.717, 1.165) is 18.6 Å². The molecule has 1 unspecified atom stereocenters. The van der Waals surface area contributed by atoms with E-state index in [4.69, 9.17) is 10.5 Å². The average molecular weight is 278 g/mol. The van der Waals surface area contributed by atoms with Crippen LogP contribution < -0.4 is 15.8 Å². The molecule has 0 saturated heterocycles. The number of carbonyl (C=O) groups excluding carboxylic acids is 1. The number of hydrogen-bond acceptors (Lipinski definition) is 3. The SMILES string of the molecule is CC(CCc1ccc(OC(C)C)cc1)NC(=O)[C@H](C)N. The molecule has 20 heavy (non-hydrogen) atoms. The largest absolute Gasteiger partial charge is 0.491 e. The number of carbonyl (C=O) groups is 1. The summed E-state index contributed by atoms with van der Waals surface area (Å²) < 4.78 is 5.60. The van der Waals surface area contributed by atoms with E-state index in [2.05, 4.69) is 17.4 Å². The maximum absolute atomic E-state index is 11.5. The molecule has 0 bridgehead atoms. The van der Waals surface area contributed by atoms with Gasteiger partial charge in [0.1, 0.15) is 5.75 Å². The minimum absolute atomic E-state index is 0.0989. The molecule has 0 aliphatic carbocycles. The third-order valence-corrected chi connectivity index (χ3v) is 2.96. The van der Waals surface area contributed by atoms with Crippen LogP contribution in [0.25, 0.3) is 0 Å². The van der Waals surface area contributed by atoms with Gasteiger partial charge in [-0.25, -0.2) is 0 Å². The molecule has 3 N–H and O–H groups in total. The molecule has 1 aromatic carbocycles. The van der Waals surface area contributed by atoms with Gasteiger partial charge in [-0.3, -0.25) is 4.79 Å². The van der Waals surface area contributed by atoms with Crippen LogP contribution in [0.2, 0.25) is 0 Å². The van der Waals surface area contributed by atoms with Crippen molar-refractivity contribution in [1.29, 1.82) is 0 Å². The summed E-state index contributed by atoms with van der Waals surface area (Å²) >= 11 is 0. The number of rotatable bonds is 7. The van der Waals surface area contributed by atoms with E-state index >= 15 is 0 Å². The molecule has 0 saturated carbocycles. The number of ether oxygens (including phenoxy) is 1. The Bertz CT molecular complexity index is 413. The maximum Gasteiger partial charge on any atom is 0.236 e. The summed E-state index contributed by atoms with van der Waals surface area (Å²) in [4.78, 5) is 11.5. The Morgan fingerprint density at radius 3 is 2.30 bits per heavy atom. The minimum Gasteiger partial charge on any atom is -0.491 e. The van der Waals surface area contributed by atoms with Gasteiger partial charge in [-0.05, 0) is 58.2 Å². The Labute approximate surface area is 121 Å². The van der Waals surface area contributed by atoms with Crippen molar-refractivity contribution in [1.82, 2.24) is 5.32 Å². The highest BCUT2D eigenvalue weighted by Crippen LogP contribution is 2.15. The van der Waals surface area contributed by atoms with Crippen LogP contribution in [0.3, 0.4) is 0 Å². The molecule has 0 heterocycles. The summed E-state index contributed by atoms with van der Waals surface area (Å²) in [6.07, 6.45) is 2.00. The quantitative estimate of drug-likeness (QED) is 0.804. The van der Waals surface area contributed by atoms with E-state index < -0.39 is 6.04 Å². The number of amides is 1. The van der Waals surface area contributed by atoms with E-state index in [0.29, 0.717) is 0 Å². The van der Waals surface area contributed by atoms with Gasteiger partial charge >= 0.3 is 0 Å². The Morgan fingerprint density at radius 2 is 1.80 bits per heavy atom. The molecule has 0 fully saturated rings. The van der Waals surface area contributed by atoms with Gasteiger partial charge in [0.15, 0.2) is 0 Å². The molecule has 2 atom stereocenters. The lowest BCUT2D eigenvalue weighted by Gasteiger charge is -2.15. The summed E-state index contributed by atoms with van der Waals surface area (Å²) in [5.74, 6) is 0.792. The zero-order valence-electron chi connectivity index (χ0n) is 12.8. The van der Waals surface area contributed by atoms with Gasteiger partial charge in [-0.1, -0.05) is 12.1 Å². The fourth-order valence-corrected chi connectivity index (χ4v) is 1.84. The molecule has 112 valence electrons. The average Bonchev–Trinajstić information content (AvgIpc) is 2.37. The molecule has 0 spiro atoms. The van der Waals surface area contributed by atoms with Crippen LogP contribution in [0, 0.1) is 0 Å². The van der Waals surface area contributed by atoms with Crippen molar-refractivity contribution in [3.05, 3.63) is 29.8 Å². The Balaban J connectivity index is 2.39. The minimum atomic E-state index is -0.454. The normalized spacial score (nSPS) is 13.9. The van der Waals surface area contributed by atoms with Crippen molar-refractivity contribution in [2.24, 2.45) is 5.73 Å². The lowest BCUT2D eigenvalue weighted by Crippen LogP contribution is -2.42. The van der Waals surface area contributed by atoms with Gasteiger partial charge in [0, 0.05) is 6.04 Å². The van der Waals surface area contributed by atoms with Crippen molar-refractivity contribution in [3.8, 4) is 5.75 Å². The smallest absolute Gasteiger partial charge is 0.236 e. The molecular weight excluding hydrogens is 252 g/mol. The highest BCUT2D eigenvalue weighted by molar-refractivity contribution is 5.81. The van der Waals surface area contributed by atoms with Crippen LogP contribution in [0.4, 0.5) is 0 Å². The Hall–Kier alpha value is -1.55. The lowest BCUT2D eigenvalue weighted by atomic mass is 10.1. The first-order valence-electron chi connectivity index (χ1n) is 7.20. The van der Waals surface area contributed by atoms with Crippen LogP contribution in [0.15, 0.2) is 24.3 Å². The van der Waals surface area contributed by atoms with Crippen LogP contribution in [0.5, 0.6) is 5.75 Å². The van der Waals surface area contributed by atoms with Crippen LogP contribution in [-0.4, -0.2) is 24.1 Å². The summed E-state index contributed by atoms with van der Waals surface area (Å²) in [7, 11) is 0. The molecule has 4 nitrogen and oxygen atoms in total. The van der Waals surface area contributed by atoms with Gasteiger partial charge in [-0.2, -0.15) is 0 Å². The second-order valence-electron chi connectivity index (χ2n) is 5.55. The predicted molar refractivity (Wildman–Crippen MR) is 81.8 cm³/mol.